The molecular weight excluding hydrogens is 210 g/mol. The second-order valence-corrected chi connectivity index (χ2v) is 5.08. The summed E-state index contributed by atoms with van der Waals surface area (Å²) < 4.78 is 0. The number of hydrogen-bond acceptors (Lipinski definition) is 1. The molecule has 1 fully saturated rings. The van der Waals surface area contributed by atoms with Crippen molar-refractivity contribution in [2.75, 3.05) is 0 Å². The topological polar surface area (TPSA) is 29.4 Å². The summed E-state index contributed by atoms with van der Waals surface area (Å²) in [6.45, 7) is 0. The standard InChI is InChI=1S/C15H17NO/c17-15-13-9-5-4-8-12(13)10-14(16-15)11-6-2-1-3-7-11/h4-5,8-9,11H,1-3,6-7,10H2. The Morgan fingerprint density at radius 2 is 1.82 bits per heavy atom. The third-order valence-electron chi connectivity index (χ3n) is 3.94. The minimum absolute atomic E-state index is 0.0348. The van der Waals surface area contributed by atoms with Gasteiger partial charge in [-0.1, -0.05) is 37.5 Å². The van der Waals surface area contributed by atoms with Gasteiger partial charge in [0.15, 0.2) is 0 Å². The molecule has 0 aromatic heterocycles. The molecular formula is C15H17NO. The second-order valence-electron chi connectivity index (χ2n) is 5.08. The molecule has 0 saturated heterocycles. The summed E-state index contributed by atoms with van der Waals surface area (Å²) in [7, 11) is 0. The molecule has 17 heavy (non-hydrogen) atoms. The van der Waals surface area contributed by atoms with E-state index in [1.807, 2.05) is 18.2 Å². The van der Waals surface area contributed by atoms with Gasteiger partial charge in [0, 0.05) is 17.7 Å². The molecule has 0 N–H and O–H groups in total. The van der Waals surface area contributed by atoms with Gasteiger partial charge < -0.3 is 0 Å². The maximum absolute atomic E-state index is 12.0. The first-order valence-corrected chi connectivity index (χ1v) is 6.54. The van der Waals surface area contributed by atoms with E-state index in [2.05, 4.69) is 11.1 Å². The smallest absolute Gasteiger partial charge is 0.267 e. The average Bonchev–Trinajstić information content (AvgIpc) is 2.40. The van der Waals surface area contributed by atoms with Gasteiger partial charge in [0.2, 0.25) is 0 Å². The van der Waals surface area contributed by atoms with Gasteiger partial charge in [0.25, 0.3) is 5.91 Å². The Morgan fingerprint density at radius 1 is 1.06 bits per heavy atom. The lowest BCUT2D eigenvalue weighted by Gasteiger charge is -2.25. The molecule has 0 bridgehead atoms. The van der Waals surface area contributed by atoms with Crippen LogP contribution in [0.5, 0.6) is 0 Å². The number of benzene rings is 1. The Balaban J connectivity index is 1.87. The van der Waals surface area contributed by atoms with Crippen LogP contribution in [0.2, 0.25) is 0 Å². The van der Waals surface area contributed by atoms with Crippen molar-refractivity contribution in [3.05, 3.63) is 35.4 Å². The number of aliphatic imine (C=N–C) groups is 1. The Hall–Kier alpha value is -1.44. The van der Waals surface area contributed by atoms with Crippen molar-refractivity contribution in [2.45, 2.75) is 38.5 Å². The first kappa shape index (κ1) is 10.7. The van der Waals surface area contributed by atoms with Crippen LogP contribution < -0.4 is 0 Å². The molecule has 1 heterocycles. The highest BCUT2D eigenvalue weighted by Gasteiger charge is 2.25. The maximum atomic E-state index is 12.0. The van der Waals surface area contributed by atoms with E-state index in [0.717, 1.165) is 23.3 Å². The van der Waals surface area contributed by atoms with Crippen LogP contribution in [0.25, 0.3) is 0 Å². The normalized spacial score (nSPS) is 20.9. The minimum atomic E-state index is -0.0348. The van der Waals surface area contributed by atoms with Gasteiger partial charge >= 0.3 is 0 Å². The Bertz CT molecular complexity index is 470. The van der Waals surface area contributed by atoms with Gasteiger partial charge in [-0.2, -0.15) is 0 Å². The third-order valence-corrected chi connectivity index (χ3v) is 3.94. The first-order chi connectivity index (χ1) is 8.34. The van der Waals surface area contributed by atoms with E-state index in [0.29, 0.717) is 5.92 Å². The summed E-state index contributed by atoms with van der Waals surface area (Å²) in [5.41, 5.74) is 3.09. The van der Waals surface area contributed by atoms with Crippen LogP contribution >= 0.6 is 0 Å². The largest absolute Gasteiger partial charge is 0.277 e. The van der Waals surface area contributed by atoms with Crippen molar-refractivity contribution >= 4 is 11.6 Å². The Morgan fingerprint density at radius 3 is 2.65 bits per heavy atom. The van der Waals surface area contributed by atoms with Gasteiger partial charge in [-0.25, -0.2) is 4.99 Å². The molecule has 1 aromatic carbocycles. The first-order valence-electron chi connectivity index (χ1n) is 6.54. The molecule has 1 aliphatic carbocycles. The van der Waals surface area contributed by atoms with Crippen LogP contribution in [0.3, 0.4) is 0 Å². The maximum Gasteiger partial charge on any atom is 0.277 e. The third kappa shape index (κ3) is 2.04. The van der Waals surface area contributed by atoms with E-state index in [4.69, 9.17) is 0 Å². The van der Waals surface area contributed by atoms with E-state index in [9.17, 15) is 4.79 Å². The zero-order chi connectivity index (χ0) is 11.7. The Kier molecular flexibility index (Phi) is 2.79. The molecule has 1 aliphatic heterocycles. The van der Waals surface area contributed by atoms with E-state index in [-0.39, 0.29) is 5.91 Å². The zero-order valence-electron chi connectivity index (χ0n) is 9.98. The zero-order valence-corrected chi connectivity index (χ0v) is 9.98. The number of carbonyl (C=O) groups is 1. The van der Waals surface area contributed by atoms with E-state index in [1.54, 1.807) is 0 Å². The van der Waals surface area contributed by atoms with Crippen LogP contribution in [-0.4, -0.2) is 11.6 Å². The molecule has 2 aliphatic rings. The van der Waals surface area contributed by atoms with Crippen molar-refractivity contribution in [2.24, 2.45) is 10.9 Å². The van der Waals surface area contributed by atoms with Crippen LogP contribution in [0, 0.1) is 5.92 Å². The van der Waals surface area contributed by atoms with Crippen molar-refractivity contribution in [1.29, 1.82) is 0 Å². The molecule has 1 aromatic rings. The molecule has 0 radical (unpaired) electrons. The van der Waals surface area contributed by atoms with Crippen molar-refractivity contribution in [3.8, 4) is 0 Å². The summed E-state index contributed by atoms with van der Waals surface area (Å²) in [6, 6.07) is 7.87. The number of carbonyl (C=O) groups excluding carboxylic acids is 1. The predicted octanol–water partition coefficient (Wildman–Crippen LogP) is 3.40. The fourth-order valence-electron chi connectivity index (χ4n) is 2.98. The van der Waals surface area contributed by atoms with Gasteiger partial charge in [0.05, 0.1) is 0 Å². The highest BCUT2D eigenvalue weighted by atomic mass is 16.1. The van der Waals surface area contributed by atoms with E-state index in [1.165, 1.54) is 32.1 Å². The number of hydrogen-bond donors (Lipinski definition) is 0. The summed E-state index contributed by atoms with van der Waals surface area (Å²) in [5, 5.41) is 0. The monoisotopic (exact) mass is 227 g/mol. The highest BCUT2D eigenvalue weighted by molar-refractivity contribution is 6.09. The molecule has 2 heteroatoms. The number of fused-ring (bicyclic) bond motifs is 1. The SMILES string of the molecule is O=C1N=C(C2CCCCC2)Cc2ccccc21. The summed E-state index contributed by atoms with van der Waals surface area (Å²) in [4.78, 5) is 16.3. The molecule has 0 atom stereocenters. The molecule has 2 nitrogen and oxygen atoms in total. The molecule has 1 saturated carbocycles. The van der Waals surface area contributed by atoms with Crippen LogP contribution in [0.15, 0.2) is 29.3 Å². The minimum Gasteiger partial charge on any atom is -0.267 e. The van der Waals surface area contributed by atoms with E-state index < -0.39 is 0 Å². The highest BCUT2D eigenvalue weighted by Crippen LogP contribution is 2.29. The molecule has 0 unspecified atom stereocenters. The number of nitrogens with zero attached hydrogens (tertiary/aromatic N) is 1. The summed E-state index contributed by atoms with van der Waals surface area (Å²) in [6.07, 6.45) is 7.24. The van der Waals surface area contributed by atoms with Crippen molar-refractivity contribution < 1.29 is 4.79 Å². The molecule has 1 amide bonds. The number of amides is 1. The van der Waals surface area contributed by atoms with Crippen LogP contribution in [0.4, 0.5) is 0 Å². The van der Waals surface area contributed by atoms with Crippen molar-refractivity contribution in [1.82, 2.24) is 0 Å². The molecule has 3 rings (SSSR count). The summed E-state index contributed by atoms with van der Waals surface area (Å²) in [5.74, 6) is 0.522. The van der Waals surface area contributed by atoms with Gasteiger partial charge in [-0.3, -0.25) is 4.79 Å². The molecule has 88 valence electrons. The average molecular weight is 227 g/mol. The quantitative estimate of drug-likeness (QED) is 0.723. The van der Waals surface area contributed by atoms with Crippen molar-refractivity contribution in [3.63, 3.8) is 0 Å². The number of rotatable bonds is 1. The van der Waals surface area contributed by atoms with Crippen LogP contribution in [0.1, 0.15) is 48.0 Å². The van der Waals surface area contributed by atoms with E-state index >= 15 is 0 Å². The van der Waals surface area contributed by atoms with Gasteiger partial charge in [-0.15, -0.1) is 0 Å². The van der Waals surface area contributed by atoms with Gasteiger partial charge in [0.1, 0.15) is 0 Å². The fraction of sp³-hybridized carbons (Fsp3) is 0.467. The lowest BCUT2D eigenvalue weighted by Crippen LogP contribution is -2.25. The fourth-order valence-corrected chi connectivity index (χ4v) is 2.98. The lowest BCUT2D eigenvalue weighted by molar-refractivity contribution is 0.0999. The van der Waals surface area contributed by atoms with Gasteiger partial charge in [-0.05, 0) is 30.4 Å². The Labute approximate surface area is 102 Å². The second kappa shape index (κ2) is 4.44. The predicted molar refractivity (Wildman–Crippen MR) is 68.5 cm³/mol. The summed E-state index contributed by atoms with van der Waals surface area (Å²) >= 11 is 0. The molecule has 0 spiro atoms. The van der Waals surface area contributed by atoms with Crippen LogP contribution in [-0.2, 0) is 6.42 Å². The lowest BCUT2D eigenvalue weighted by atomic mass is 9.82.